The maximum atomic E-state index is 11.5. The molecule has 2 aromatic rings. The van der Waals surface area contributed by atoms with E-state index in [1.807, 2.05) is 31.2 Å². The number of carbonyl (C=O) groups excluding carboxylic acids is 1. The highest BCUT2D eigenvalue weighted by Gasteiger charge is 2.26. The Labute approximate surface area is 160 Å². The third-order valence-electron chi connectivity index (χ3n) is 5.07. The number of ether oxygens (including phenoxy) is 1. The number of rotatable bonds is 6. The van der Waals surface area contributed by atoms with Crippen molar-refractivity contribution in [2.24, 2.45) is 0 Å². The van der Waals surface area contributed by atoms with E-state index in [0.717, 1.165) is 41.1 Å². The molecule has 1 aromatic carbocycles. The molecule has 5 nitrogen and oxygen atoms in total. The van der Waals surface area contributed by atoms with Crippen molar-refractivity contribution in [2.45, 2.75) is 26.1 Å². The molecular weight excluding hydrogens is 338 g/mol. The van der Waals surface area contributed by atoms with Crippen LogP contribution >= 0.6 is 0 Å². The summed E-state index contributed by atoms with van der Waals surface area (Å²) in [7, 11) is 3.66. The van der Waals surface area contributed by atoms with Crippen LogP contribution in [0.15, 0.2) is 30.4 Å². The molecule has 27 heavy (non-hydrogen) atoms. The van der Waals surface area contributed by atoms with E-state index in [0.29, 0.717) is 17.9 Å². The summed E-state index contributed by atoms with van der Waals surface area (Å²) in [6.07, 6.45) is 7.98. The number of carbonyl (C=O) groups is 1. The van der Waals surface area contributed by atoms with E-state index in [9.17, 15) is 4.79 Å². The van der Waals surface area contributed by atoms with Gasteiger partial charge in [-0.15, -0.1) is 0 Å². The second-order valence-corrected chi connectivity index (χ2v) is 6.81. The van der Waals surface area contributed by atoms with Gasteiger partial charge in [0, 0.05) is 24.0 Å². The van der Waals surface area contributed by atoms with Gasteiger partial charge in [0.15, 0.2) is 6.29 Å². The Hall–Kier alpha value is -2.63. The Kier molecular flexibility index (Phi) is 5.94. The molecule has 2 N–H and O–H groups in total. The van der Waals surface area contributed by atoms with Crippen molar-refractivity contribution >= 4 is 18.9 Å². The number of allylic oxidation sites excluding steroid dienone is 2. The monoisotopic (exact) mass is 365 g/mol. The van der Waals surface area contributed by atoms with Gasteiger partial charge < -0.3 is 9.72 Å². The minimum absolute atomic E-state index is 0.0450. The first-order valence-electron chi connectivity index (χ1n) is 9.17. The van der Waals surface area contributed by atoms with Crippen LogP contribution in [0.25, 0.3) is 12.7 Å². The number of nitrogens with one attached hydrogen (secondary N) is 2. The van der Waals surface area contributed by atoms with E-state index in [1.54, 1.807) is 13.2 Å². The fourth-order valence-corrected chi connectivity index (χ4v) is 3.60. The van der Waals surface area contributed by atoms with Gasteiger partial charge in [-0.2, -0.15) is 0 Å². The zero-order valence-corrected chi connectivity index (χ0v) is 16.2. The molecule has 2 heterocycles. The summed E-state index contributed by atoms with van der Waals surface area (Å²) < 4.78 is 5.22. The second kappa shape index (κ2) is 8.37. The minimum Gasteiger partial charge on any atom is -0.497 e. The summed E-state index contributed by atoms with van der Waals surface area (Å²) in [4.78, 5) is 17.2. The highest BCUT2D eigenvalue weighted by Crippen LogP contribution is 2.24. The van der Waals surface area contributed by atoms with E-state index < -0.39 is 0 Å². The van der Waals surface area contributed by atoms with Gasteiger partial charge in [-0.3, -0.25) is 15.0 Å². The molecule has 3 rings (SSSR count). The molecule has 1 unspecified atom stereocenters. The van der Waals surface area contributed by atoms with Crippen LogP contribution in [0.4, 0.5) is 0 Å². The number of hydrogen-bond acceptors (Lipinski definition) is 4. The predicted octanol–water partition coefficient (Wildman–Crippen LogP) is 1.88. The summed E-state index contributed by atoms with van der Waals surface area (Å²) in [5, 5.41) is 5.70. The number of fused-ring (bicyclic) bond motifs is 1. The van der Waals surface area contributed by atoms with Crippen LogP contribution in [-0.4, -0.2) is 36.9 Å². The van der Waals surface area contributed by atoms with E-state index in [1.165, 1.54) is 5.56 Å². The standard InChI is InChI=1S/C22H27N3O2/c1-5-6-7-20-15(2)19-10-11-23-22(21(19)24-20)25(3)13-16-8-9-18(27-4)12-17(16)14-26/h5-9,12,14,22-24H,2,10-11,13H2,1,3-4H3/b6-5-,20-7+. The summed E-state index contributed by atoms with van der Waals surface area (Å²) in [5.41, 5.74) is 4.07. The van der Waals surface area contributed by atoms with Crippen LogP contribution in [0.2, 0.25) is 0 Å². The lowest BCUT2D eigenvalue weighted by Gasteiger charge is -2.32. The Balaban J connectivity index is 1.91. The number of aromatic nitrogens is 1. The summed E-state index contributed by atoms with van der Waals surface area (Å²) in [5.74, 6) is 0.691. The first-order chi connectivity index (χ1) is 13.1. The molecule has 1 aromatic heterocycles. The molecule has 0 fully saturated rings. The van der Waals surface area contributed by atoms with E-state index in [2.05, 4.69) is 34.9 Å². The quantitative estimate of drug-likeness (QED) is 0.768. The molecule has 0 radical (unpaired) electrons. The average Bonchev–Trinajstić information content (AvgIpc) is 3.02. The average molecular weight is 365 g/mol. The van der Waals surface area contributed by atoms with Crippen molar-refractivity contribution in [1.82, 2.24) is 15.2 Å². The first-order valence-corrected chi connectivity index (χ1v) is 9.17. The third-order valence-corrected chi connectivity index (χ3v) is 5.07. The Morgan fingerprint density at radius 2 is 2.22 bits per heavy atom. The summed E-state index contributed by atoms with van der Waals surface area (Å²) >= 11 is 0. The SMILES string of the molecule is C=c1c2c([nH]/c1=C/C=C\C)C(N(C)Cc1ccc(OC)cc1C=O)NCC2. The minimum atomic E-state index is 0.0450. The fourth-order valence-electron chi connectivity index (χ4n) is 3.60. The van der Waals surface area contributed by atoms with Crippen molar-refractivity contribution in [3.05, 3.63) is 63.3 Å². The zero-order valence-electron chi connectivity index (χ0n) is 16.2. The number of methoxy groups -OCH3 is 1. The van der Waals surface area contributed by atoms with Crippen LogP contribution in [0.5, 0.6) is 5.75 Å². The lowest BCUT2D eigenvalue weighted by molar-refractivity contribution is 0.112. The van der Waals surface area contributed by atoms with Crippen molar-refractivity contribution < 1.29 is 9.53 Å². The number of aldehydes is 1. The normalized spacial score (nSPS) is 17.5. The van der Waals surface area contributed by atoms with Gasteiger partial charge in [0.05, 0.1) is 12.8 Å². The van der Waals surface area contributed by atoms with Crippen LogP contribution < -0.4 is 20.6 Å². The predicted molar refractivity (Wildman–Crippen MR) is 109 cm³/mol. The maximum absolute atomic E-state index is 11.5. The van der Waals surface area contributed by atoms with Crippen LogP contribution in [0.3, 0.4) is 0 Å². The highest BCUT2D eigenvalue weighted by molar-refractivity contribution is 5.78. The molecule has 0 spiro atoms. The Morgan fingerprint density at radius 1 is 1.41 bits per heavy atom. The smallest absolute Gasteiger partial charge is 0.150 e. The molecule has 1 atom stereocenters. The van der Waals surface area contributed by atoms with Gasteiger partial charge in [0.2, 0.25) is 0 Å². The molecule has 5 heteroatoms. The molecule has 1 aliphatic heterocycles. The molecule has 0 bridgehead atoms. The number of hydrogen-bond donors (Lipinski definition) is 2. The van der Waals surface area contributed by atoms with Gasteiger partial charge in [0.1, 0.15) is 11.9 Å². The Morgan fingerprint density at radius 3 is 2.93 bits per heavy atom. The van der Waals surface area contributed by atoms with Gasteiger partial charge in [-0.1, -0.05) is 24.8 Å². The van der Waals surface area contributed by atoms with Crippen molar-refractivity contribution in [1.29, 1.82) is 0 Å². The molecule has 0 amide bonds. The maximum Gasteiger partial charge on any atom is 0.150 e. The van der Waals surface area contributed by atoms with Gasteiger partial charge >= 0.3 is 0 Å². The summed E-state index contributed by atoms with van der Waals surface area (Å²) in [6.45, 7) is 7.81. The largest absolute Gasteiger partial charge is 0.497 e. The molecule has 1 aliphatic rings. The molecular formula is C22H27N3O2. The van der Waals surface area contributed by atoms with Crippen LogP contribution in [0.1, 0.15) is 40.3 Å². The molecule has 0 saturated heterocycles. The van der Waals surface area contributed by atoms with Crippen molar-refractivity contribution in [2.75, 3.05) is 20.7 Å². The van der Waals surface area contributed by atoms with E-state index in [4.69, 9.17) is 4.74 Å². The van der Waals surface area contributed by atoms with Gasteiger partial charge in [0.25, 0.3) is 0 Å². The van der Waals surface area contributed by atoms with E-state index >= 15 is 0 Å². The van der Waals surface area contributed by atoms with Crippen LogP contribution in [0, 0.1) is 0 Å². The van der Waals surface area contributed by atoms with Crippen LogP contribution in [-0.2, 0) is 13.0 Å². The lowest BCUT2D eigenvalue weighted by Crippen LogP contribution is -2.41. The van der Waals surface area contributed by atoms with Crippen molar-refractivity contribution in [3.8, 4) is 5.75 Å². The van der Waals surface area contributed by atoms with Gasteiger partial charge in [-0.25, -0.2) is 0 Å². The Bertz CT molecular complexity index is 959. The van der Waals surface area contributed by atoms with E-state index in [-0.39, 0.29) is 6.17 Å². The van der Waals surface area contributed by atoms with Crippen molar-refractivity contribution in [3.63, 3.8) is 0 Å². The molecule has 0 aliphatic carbocycles. The number of H-pyrrole nitrogens is 1. The first kappa shape index (κ1) is 19.1. The highest BCUT2D eigenvalue weighted by atomic mass is 16.5. The summed E-state index contributed by atoms with van der Waals surface area (Å²) in [6, 6.07) is 5.63. The second-order valence-electron chi connectivity index (χ2n) is 6.81. The molecule has 142 valence electrons. The van der Waals surface area contributed by atoms with Gasteiger partial charge in [-0.05, 0) is 54.9 Å². The molecule has 0 saturated carbocycles. The lowest BCUT2D eigenvalue weighted by atomic mass is 10.0. The third kappa shape index (κ3) is 3.89. The topological polar surface area (TPSA) is 57.4 Å². The number of nitrogens with zero attached hydrogens (tertiary/aromatic N) is 1. The zero-order chi connectivity index (χ0) is 19.4. The number of benzene rings is 1. The number of aromatic amines is 1. The fraction of sp³-hybridized carbons (Fsp3) is 0.318.